The van der Waals surface area contributed by atoms with E-state index < -0.39 is 19.9 Å². The van der Waals surface area contributed by atoms with Gasteiger partial charge < -0.3 is 14.4 Å². The smallest absolute Gasteiger partial charge is 0.323 e. The third-order valence-corrected chi connectivity index (χ3v) is 6.55. The van der Waals surface area contributed by atoms with Crippen molar-refractivity contribution in [1.29, 1.82) is 0 Å². The monoisotopic (exact) mass is 514 g/mol. The van der Waals surface area contributed by atoms with E-state index in [4.69, 9.17) is 18.9 Å². The van der Waals surface area contributed by atoms with E-state index in [0.29, 0.717) is 0 Å². The molecular formula is C23H47O10P. The molecule has 0 aromatic carbocycles. The molecule has 2 atom stereocenters. The summed E-state index contributed by atoms with van der Waals surface area (Å²) in [4.78, 5) is 14.9. The van der Waals surface area contributed by atoms with Crippen molar-refractivity contribution >= 4 is 7.82 Å². The molecule has 0 saturated carbocycles. The summed E-state index contributed by atoms with van der Waals surface area (Å²) in [6.45, 7) is 6.43. The van der Waals surface area contributed by atoms with Gasteiger partial charge in [-0.05, 0) is 34.9 Å². The highest BCUT2D eigenvalue weighted by molar-refractivity contribution is 7.47. The van der Waals surface area contributed by atoms with E-state index in [1.807, 2.05) is 0 Å². The van der Waals surface area contributed by atoms with E-state index in [1.54, 1.807) is 0 Å². The van der Waals surface area contributed by atoms with Gasteiger partial charge in [-0.1, -0.05) is 108 Å². The molecule has 11 heteroatoms. The topological polar surface area (TPSA) is 111 Å². The Morgan fingerprint density at radius 2 is 1.15 bits per heavy atom. The summed E-state index contributed by atoms with van der Waals surface area (Å²) in [5, 5.41) is 12.7. The molecule has 0 aromatic heterocycles. The van der Waals surface area contributed by atoms with Crippen LogP contribution in [0.25, 0.3) is 0 Å². The van der Waals surface area contributed by atoms with E-state index in [9.17, 15) is 9.46 Å². The molecule has 1 aliphatic heterocycles. The summed E-state index contributed by atoms with van der Waals surface area (Å²) in [5.41, 5.74) is 0. The lowest BCUT2D eigenvalue weighted by Gasteiger charge is -2.34. The second kappa shape index (κ2) is 20.0. The van der Waals surface area contributed by atoms with Crippen LogP contribution in [0.5, 0.6) is 0 Å². The Bertz CT molecular complexity index is 500. The molecule has 1 fully saturated rings. The number of ether oxygens (including phenoxy) is 2. The Kier molecular flexibility index (Phi) is 18.8. The molecule has 204 valence electrons. The predicted molar refractivity (Wildman–Crippen MR) is 126 cm³/mol. The van der Waals surface area contributed by atoms with Crippen molar-refractivity contribution in [3.8, 4) is 0 Å². The first kappa shape index (κ1) is 31.9. The number of phosphoric acid groups is 1. The molecular weight excluding hydrogens is 467 g/mol. The van der Waals surface area contributed by atoms with Crippen LogP contribution in [-0.4, -0.2) is 30.2 Å². The van der Waals surface area contributed by atoms with Gasteiger partial charge in [0.05, 0.1) is 13.2 Å². The van der Waals surface area contributed by atoms with Crippen molar-refractivity contribution in [2.45, 2.75) is 136 Å². The summed E-state index contributed by atoms with van der Waals surface area (Å²) in [6, 6.07) is 0. The predicted octanol–water partition coefficient (Wildman–Crippen LogP) is 7.22. The fourth-order valence-electron chi connectivity index (χ4n) is 3.70. The molecule has 0 spiro atoms. The molecule has 0 aromatic rings. The first-order chi connectivity index (χ1) is 16.5. The molecule has 0 amide bonds. The Labute approximate surface area is 205 Å². The fourth-order valence-corrected chi connectivity index (χ4v) is 4.36. The van der Waals surface area contributed by atoms with E-state index in [-0.39, 0.29) is 13.2 Å². The van der Waals surface area contributed by atoms with Crippen LogP contribution in [0.3, 0.4) is 0 Å². The average Bonchev–Trinajstić information content (AvgIpc) is 2.85. The fraction of sp³-hybridized carbons (Fsp3) is 1.00. The summed E-state index contributed by atoms with van der Waals surface area (Å²) in [5.74, 6) is -1.92. The van der Waals surface area contributed by atoms with Crippen LogP contribution < -0.4 is 0 Å². The largest absolute Gasteiger partial charge is 0.502 e. The minimum absolute atomic E-state index is 0.279. The summed E-state index contributed by atoms with van der Waals surface area (Å²) >= 11 is 0. The van der Waals surface area contributed by atoms with E-state index >= 15 is 0 Å². The molecule has 0 bridgehead atoms. The highest BCUT2D eigenvalue weighted by Gasteiger charge is 2.48. The van der Waals surface area contributed by atoms with Gasteiger partial charge in [-0.15, -0.1) is 4.89 Å². The Morgan fingerprint density at radius 1 is 0.706 bits per heavy atom. The first-order valence-electron chi connectivity index (χ1n) is 13.1. The van der Waals surface area contributed by atoms with Crippen LogP contribution in [0.15, 0.2) is 0 Å². The van der Waals surface area contributed by atoms with Gasteiger partial charge in [0.2, 0.25) is 0 Å². The van der Waals surface area contributed by atoms with E-state index in [1.165, 1.54) is 71.1 Å². The molecule has 1 heterocycles. The normalized spacial score (nSPS) is 23.4. The molecule has 34 heavy (non-hydrogen) atoms. The van der Waals surface area contributed by atoms with E-state index in [2.05, 4.69) is 33.6 Å². The third-order valence-electron chi connectivity index (χ3n) is 5.72. The van der Waals surface area contributed by atoms with Gasteiger partial charge in [0.15, 0.2) is 6.10 Å². The number of phosphoric ester groups is 1. The number of unbranched alkanes of at least 4 members (excludes halogenated alkanes) is 14. The van der Waals surface area contributed by atoms with Gasteiger partial charge in [0, 0.05) is 0 Å². The lowest BCUT2D eigenvalue weighted by molar-refractivity contribution is -0.726. The van der Waals surface area contributed by atoms with Crippen LogP contribution in [0.4, 0.5) is 0 Å². The Morgan fingerprint density at radius 3 is 1.62 bits per heavy atom. The molecule has 0 aliphatic carbocycles. The van der Waals surface area contributed by atoms with Gasteiger partial charge in [0.25, 0.3) is 0 Å². The minimum atomic E-state index is -4.62. The maximum atomic E-state index is 12.0. The van der Waals surface area contributed by atoms with Crippen LogP contribution >= 0.6 is 7.82 Å². The van der Waals surface area contributed by atoms with Gasteiger partial charge in [-0.25, -0.2) is 4.57 Å². The Hall–Kier alpha value is -0.130. The van der Waals surface area contributed by atoms with Crippen molar-refractivity contribution in [3.05, 3.63) is 0 Å². The van der Waals surface area contributed by atoms with E-state index in [0.717, 1.165) is 38.5 Å². The average molecular weight is 515 g/mol. The minimum Gasteiger partial charge on any atom is -0.323 e. The van der Waals surface area contributed by atoms with Gasteiger partial charge in [-0.2, -0.15) is 0 Å². The van der Waals surface area contributed by atoms with Crippen molar-refractivity contribution in [1.82, 2.24) is 0 Å². The molecule has 1 aliphatic rings. The molecule has 1 saturated heterocycles. The maximum Gasteiger partial charge on any atom is 0.502 e. The third kappa shape index (κ3) is 15.1. The standard InChI is InChI=1S/C23H47O10P/c1-4-6-8-10-12-14-16-18-20-26-23(27-21-19-17-15-13-11-9-7-5-2)22(3)28-34(24,25)33-32-31-30-29-23/h22H,4-21H2,1-3H3,(H,24,25). The molecule has 1 rings (SSSR count). The highest BCUT2D eigenvalue weighted by Crippen LogP contribution is 2.48. The van der Waals surface area contributed by atoms with Crippen molar-refractivity contribution < 1.29 is 48.1 Å². The molecule has 10 nitrogen and oxygen atoms in total. The lowest BCUT2D eigenvalue weighted by atomic mass is 10.1. The van der Waals surface area contributed by atoms with Crippen molar-refractivity contribution in [2.24, 2.45) is 0 Å². The zero-order valence-electron chi connectivity index (χ0n) is 21.4. The SMILES string of the molecule is CCCCCCCCCCOC1(OCCCCCCCCCC)OOOOOP(=O)(O)OC1C. The van der Waals surface area contributed by atoms with Crippen LogP contribution in [-0.2, 0) is 43.2 Å². The quantitative estimate of drug-likeness (QED) is 0.0773. The Balaban J connectivity index is 2.51. The number of hydrogen-bond acceptors (Lipinski definition) is 9. The number of hydrogen-bond donors (Lipinski definition) is 1. The zero-order valence-corrected chi connectivity index (χ0v) is 22.3. The van der Waals surface area contributed by atoms with Gasteiger partial charge in [-0.3, -0.25) is 4.52 Å². The first-order valence-corrected chi connectivity index (χ1v) is 14.6. The summed E-state index contributed by atoms with van der Waals surface area (Å²) in [6.07, 6.45) is 17.0. The molecule has 0 radical (unpaired) electrons. The summed E-state index contributed by atoms with van der Waals surface area (Å²) in [7, 11) is -4.62. The molecule has 2 unspecified atom stereocenters. The van der Waals surface area contributed by atoms with Gasteiger partial charge in [0.1, 0.15) is 0 Å². The highest BCUT2D eigenvalue weighted by atomic mass is 31.2. The second-order valence-corrected chi connectivity index (χ2v) is 10.1. The van der Waals surface area contributed by atoms with Crippen LogP contribution in [0.1, 0.15) is 124 Å². The molecule has 1 N–H and O–H groups in total. The van der Waals surface area contributed by atoms with Gasteiger partial charge >= 0.3 is 13.8 Å². The maximum absolute atomic E-state index is 12.0. The van der Waals surface area contributed by atoms with Crippen LogP contribution in [0.2, 0.25) is 0 Å². The summed E-state index contributed by atoms with van der Waals surface area (Å²) < 4.78 is 33.0. The van der Waals surface area contributed by atoms with Crippen molar-refractivity contribution in [3.63, 3.8) is 0 Å². The second-order valence-electron chi connectivity index (χ2n) is 8.83. The van der Waals surface area contributed by atoms with Crippen LogP contribution in [0, 0.1) is 0 Å². The zero-order chi connectivity index (χ0) is 25.0. The lowest BCUT2D eigenvalue weighted by Crippen LogP contribution is -2.49. The number of rotatable bonds is 20. The van der Waals surface area contributed by atoms with Crippen molar-refractivity contribution in [2.75, 3.05) is 13.2 Å².